The van der Waals surface area contributed by atoms with Gasteiger partial charge < -0.3 is 14.8 Å². The number of nitrogens with one attached hydrogen (secondary N) is 1. The second-order valence-corrected chi connectivity index (χ2v) is 4.91. The van der Waals surface area contributed by atoms with Gasteiger partial charge in [0.1, 0.15) is 5.75 Å². The van der Waals surface area contributed by atoms with Crippen molar-refractivity contribution in [2.24, 2.45) is 0 Å². The molecule has 1 N–H and O–H groups in total. The van der Waals surface area contributed by atoms with E-state index in [0.717, 1.165) is 32.0 Å². The summed E-state index contributed by atoms with van der Waals surface area (Å²) in [5.41, 5.74) is 2.65. The van der Waals surface area contributed by atoms with Crippen LogP contribution < -0.4 is 10.1 Å². The second-order valence-electron chi connectivity index (χ2n) is 4.91. The highest BCUT2D eigenvalue weighted by molar-refractivity contribution is 5.40. The van der Waals surface area contributed by atoms with Crippen LogP contribution in [0.4, 0.5) is 0 Å². The molecule has 1 heterocycles. The minimum Gasteiger partial charge on any atom is -0.493 e. The fourth-order valence-corrected chi connectivity index (χ4v) is 2.34. The van der Waals surface area contributed by atoms with Gasteiger partial charge in [-0.2, -0.15) is 0 Å². The highest BCUT2D eigenvalue weighted by atomic mass is 16.5. The zero-order chi connectivity index (χ0) is 13.0. The van der Waals surface area contributed by atoms with Crippen molar-refractivity contribution in [1.82, 2.24) is 5.32 Å². The Morgan fingerprint density at radius 3 is 3.00 bits per heavy atom. The largest absolute Gasteiger partial charge is 0.493 e. The zero-order valence-electron chi connectivity index (χ0n) is 11.5. The summed E-state index contributed by atoms with van der Waals surface area (Å²) in [6.07, 6.45) is 1.03. The summed E-state index contributed by atoms with van der Waals surface area (Å²) in [6, 6.07) is 7.20. The summed E-state index contributed by atoms with van der Waals surface area (Å²) < 4.78 is 11.0. The first-order valence-corrected chi connectivity index (χ1v) is 6.80. The molecular weight excluding hydrogens is 226 g/mol. The molecule has 3 heteroatoms. The van der Waals surface area contributed by atoms with Crippen molar-refractivity contribution < 1.29 is 9.47 Å². The van der Waals surface area contributed by atoms with E-state index in [0.29, 0.717) is 12.1 Å². The van der Waals surface area contributed by atoms with Crippen LogP contribution >= 0.6 is 0 Å². The molecule has 2 unspecified atom stereocenters. The lowest BCUT2D eigenvalue weighted by Gasteiger charge is -2.20. The molecule has 100 valence electrons. The smallest absolute Gasteiger partial charge is 0.122 e. The number of hydrogen-bond acceptors (Lipinski definition) is 3. The van der Waals surface area contributed by atoms with Crippen molar-refractivity contribution in [1.29, 1.82) is 0 Å². The van der Waals surface area contributed by atoms with Crippen LogP contribution in [0.2, 0.25) is 0 Å². The van der Waals surface area contributed by atoms with E-state index in [9.17, 15) is 0 Å². The summed E-state index contributed by atoms with van der Waals surface area (Å²) in [5, 5.41) is 3.56. The molecule has 0 radical (unpaired) electrons. The van der Waals surface area contributed by atoms with Crippen LogP contribution in [0.5, 0.6) is 5.75 Å². The number of hydrogen-bond donors (Lipinski definition) is 1. The van der Waals surface area contributed by atoms with Gasteiger partial charge in [0.15, 0.2) is 0 Å². The van der Waals surface area contributed by atoms with E-state index >= 15 is 0 Å². The molecule has 0 spiro atoms. The highest BCUT2D eigenvalue weighted by Crippen LogP contribution is 2.28. The first-order chi connectivity index (χ1) is 8.70. The van der Waals surface area contributed by atoms with Gasteiger partial charge in [-0.3, -0.25) is 0 Å². The molecule has 0 aromatic heterocycles. The first-order valence-electron chi connectivity index (χ1n) is 6.80. The molecule has 1 aromatic carbocycles. The maximum absolute atomic E-state index is 5.53. The number of ether oxygens (including phenoxy) is 2. The van der Waals surface area contributed by atoms with Crippen molar-refractivity contribution in [3.63, 3.8) is 0 Å². The van der Waals surface area contributed by atoms with Gasteiger partial charge >= 0.3 is 0 Å². The predicted molar refractivity (Wildman–Crippen MR) is 73.1 cm³/mol. The summed E-state index contributed by atoms with van der Waals surface area (Å²) in [5.74, 6) is 1.05. The van der Waals surface area contributed by atoms with Crippen molar-refractivity contribution in [2.75, 3.05) is 19.8 Å². The molecule has 0 bridgehead atoms. The molecule has 2 atom stereocenters. The van der Waals surface area contributed by atoms with Gasteiger partial charge in [-0.05, 0) is 38.0 Å². The fraction of sp³-hybridized carbons (Fsp3) is 0.600. The molecular formula is C15H23NO2. The Morgan fingerprint density at radius 1 is 1.39 bits per heavy atom. The van der Waals surface area contributed by atoms with Crippen LogP contribution in [0.3, 0.4) is 0 Å². The minimum absolute atomic E-state index is 0.339. The molecule has 0 saturated heterocycles. The molecule has 0 saturated carbocycles. The lowest BCUT2D eigenvalue weighted by molar-refractivity contribution is 0.124. The number of rotatable bonds is 6. The molecule has 3 nitrogen and oxygen atoms in total. The van der Waals surface area contributed by atoms with E-state index in [1.54, 1.807) is 0 Å². The summed E-state index contributed by atoms with van der Waals surface area (Å²) in [7, 11) is 0. The Morgan fingerprint density at radius 2 is 2.22 bits per heavy atom. The quantitative estimate of drug-likeness (QED) is 0.841. The maximum Gasteiger partial charge on any atom is 0.122 e. The SMILES string of the molecule is CCOCC(C)NC(C)c1ccc2c(c1)CCO2. The van der Waals surface area contributed by atoms with Gasteiger partial charge in [0.05, 0.1) is 13.2 Å². The average Bonchev–Trinajstić information content (AvgIpc) is 2.83. The third-order valence-corrected chi connectivity index (χ3v) is 3.32. The molecule has 2 rings (SSSR count). The van der Waals surface area contributed by atoms with E-state index < -0.39 is 0 Å². The highest BCUT2D eigenvalue weighted by Gasteiger charge is 2.15. The Hall–Kier alpha value is -1.06. The number of fused-ring (bicyclic) bond motifs is 1. The molecule has 0 amide bonds. The Balaban J connectivity index is 1.94. The lowest BCUT2D eigenvalue weighted by atomic mass is 10.0. The van der Waals surface area contributed by atoms with Gasteiger partial charge in [0.25, 0.3) is 0 Å². The Bertz CT molecular complexity index is 392. The van der Waals surface area contributed by atoms with Gasteiger partial charge in [-0.15, -0.1) is 0 Å². The van der Waals surface area contributed by atoms with E-state index in [-0.39, 0.29) is 0 Å². The summed E-state index contributed by atoms with van der Waals surface area (Å²) in [6.45, 7) is 8.73. The zero-order valence-corrected chi connectivity index (χ0v) is 11.5. The monoisotopic (exact) mass is 249 g/mol. The summed E-state index contributed by atoms with van der Waals surface area (Å²) in [4.78, 5) is 0. The normalized spacial score (nSPS) is 17.1. The van der Waals surface area contributed by atoms with Crippen LogP contribution in [0.25, 0.3) is 0 Å². The van der Waals surface area contributed by atoms with Crippen LogP contribution in [-0.4, -0.2) is 25.9 Å². The van der Waals surface area contributed by atoms with E-state index in [1.807, 2.05) is 6.92 Å². The first kappa shape index (κ1) is 13.4. The Labute approximate surface area is 109 Å². The van der Waals surface area contributed by atoms with Gasteiger partial charge in [-0.1, -0.05) is 12.1 Å². The maximum atomic E-state index is 5.53. The summed E-state index contributed by atoms with van der Waals surface area (Å²) >= 11 is 0. The van der Waals surface area contributed by atoms with Crippen molar-refractivity contribution in [2.45, 2.75) is 39.3 Å². The van der Waals surface area contributed by atoms with E-state index in [1.165, 1.54) is 11.1 Å². The predicted octanol–water partition coefficient (Wildman–Crippen LogP) is 2.70. The molecule has 1 aliphatic heterocycles. The fourth-order valence-electron chi connectivity index (χ4n) is 2.34. The van der Waals surface area contributed by atoms with Crippen LogP contribution in [-0.2, 0) is 11.2 Å². The average molecular weight is 249 g/mol. The minimum atomic E-state index is 0.339. The van der Waals surface area contributed by atoms with Crippen LogP contribution in [0.1, 0.15) is 37.9 Å². The van der Waals surface area contributed by atoms with Crippen molar-refractivity contribution in [3.8, 4) is 5.75 Å². The molecule has 1 aromatic rings. The topological polar surface area (TPSA) is 30.5 Å². The Kier molecular flexibility index (Phi) is 4.61. The third kappa shape index (κ3) is 3.24. The molecule has 18 heavy (non-hydrogen) atoms. The van der Waals surface area contributed by atoms with Gasteiger partial charge in [-0.25, -0.2) is 0 Å². The van der Waals surface area contributed by atoms with Crippen molar-refractivity contribution in [3.05, 3.63) is 29.3 Å². The molecule has 1 aliphatic rings. The standard InChI is InChI=1S/C15H23NO2/c1-4-17-10-11(2)16-12(3)13-5-6-15-14(9-13)7-8-18-15/h5-6,9,11-12,16H,4,7-8,10H2,1-3H3. The second kappa shape index (κ2) is 6.21. The van der Waals surface area contributed by atoms with Crippen LogP contribution in [0, 0.1) is 0 Å². The third-order valence-electron chi connectivity index (χ3n) is 3.32. The van der Waals surface area contributed by atoms with Crippen molar-refractivity contribution >= 4 is 0 Å². The lowest BCUT2D eigenvalue weighted by Crippen LogP contribution is -2.32. The van der Waals surface area contributed by atoms with Crippen LogP contribution in [0.15, 0.2) is 18.2 Å². The number of benzene rings is 1. The van der Waals surface area contributed by atoms with E-state index in [4.69, 9.17) is 9.47 Å². The van der Waals surface area contributed by atoms with E-state index in [2.05, 4.69) is 37.4 Å². The van der Waals surface area contributed by atoms with Gasteiger partial charge in [0, 0.05) is 25.1 Å². The molecule has 0 aliphatic carbocycles. The van der Waals surface area contributed by atoms with Gasteiger partial charge in [0.2, 0.25) is 0 Å². The molecule has 0 fully saturated rings.